The van der Waals surface area contributed by atoms with Crippen molar-refractivity contribution in [3.05, 3.63) is 29.3 Å². The van der Waals surface area contributed by atoms with E-state index in [1.807, 2.05) is 6.07 Å². The van der Waals surface area contributed by atoms with Crippen LogP contribution in [-0.2, 0) is 12.8 Å². The number of benzene rings is 1. The third-order valence-electron chi connectivity index (χ3n) is 4.08. The molecule has 2 heterocycles. The fraction of sp³-hybridized carbons (Fsp3) is 0.500. The maximum Gasteiger partial charge on any atom is 0.401 e. The van der Waals surface area contributed by atoms with Crippen molar-refractivity contribution in [2.45, 2.75) is 31.7 Å². The second-order valence-electron chi connectivity index (χ2n) is 5.30. The number of nitrogens with one attached hydrogen (secondary N) is 2. The number of anilines is 1. The average molecular weight is 248 g/mol. The smallest absolute Gasteiger partial charge is 0.313 e. The van der Waals surface area contributed by atoms with E-state index in [-0.39, 0.29) is 0 Å². The normalized spacial score (nSPS) is 26.1. The van der Waals surface area contributed by atoms with Crippen molar-refractivity contribution >= 4 is 11.8 Å². The molecular weight excluding hydrogens is 231 g/mol. The molecule has 2 unspecified atom stereocenters. The zero-order valence-corrected chi connectivity index (χ0v) is 10.2. The van der Waals surface area contributed by atoms with E-state index in [9.17, 15) is 9.18 Å². The van der Waals surface area contributed by atoms with E-state index in [1.165, 1.54) is 18.4 Å². The van der Waals surface area contributed by atoms with Gasteiger partial charge in [0.05, 0.1) is 0 Å². The van der Waals surface area contributed by atoms with Gasteiger partial charge in [-0.3, -0.25) is 5.32 Å². The molecule has 2 atom stereocenters. The molecule has 0 spiro atoms. The molecule has 4 rings (SSSR count). The first kappa shape index (κ1) is 11.7. The van der Waals surface area contributed by atoms with Crippen LogP contribution in [0.3, 0.4) is 0 Å². The first-order chi connectivity index (χ1) is 8.72. The predicted molar refractivity (Wildman–Crippen MR) is 68.5 cm³/mol. The molecule has 0 saturated carbocycles. The number of amides is 1. The molecule has 1 aromatic rings. The summed E-state index contributed by atoms with van der Waals surface area (Å²) in [5.74, 6) is 0.664. The van der Waals surface area contributed by atoms with Gasteiger partial charge < -0.3 is 5.32 Å². The minimum absolute atomic E-state index is 0.456. The van der Waals surface area contributed by atoms with Crippen LogP contribution in [0.1, 0.15) is 24.0 Å². The van der Waals surface area contributed by atoms with Crippen molar-refractivity contribution in [1.29, 1.82) is 0 Å². The quantitative estimate of drug-likeness (QED) is 0.592. The third kappa shape index (κ3) is 2.25. The lowest BCUT2D eigenvalue weighted by Crippen LogP contribution is -2.43. The Morgan fingerprint density at radius 2 is 2.22 bits per heavy atom. The number of carbonyl (C=O) groups is 1. The van der Waals surface area contributed by atoms with Crippen molar-refractivity contribution in [2.75, 3.05) is 11.9 Å². The van der Waals surface area contributed by atoms with Crippen molar-refractivity contribution < 1.29 is 9.18 Å². The molecule has 2 bridgehead atoms. The average Bonchev–Trinajstić information content (AvgIpc) is 2.29. The van der Waals surface area contributed by atoms with E-state index < -0.39 is 6.16 Å². The van der Waals surface area contributed by atoms with Gasteiger partial charge in [-0.15, -0.1) is 4.39 Å². The highest BCUT2D eigenvalue weighted by Crippen LogP contribution is 2.31. The Hall–Kier alpha value is -1.42. The summed E-state index contributed by atoms with van der Waals surface area (Å²) in [4.78, 5) is 10.6. The maximum absolute atomic E-state index is 12.6. The number of hydrogen-bond donors (Lipinski definition) is 2. The van der Waals surface area contributed by atoms with Crippen LogP contribution in [0.5, 0.6) is 0 Å². The lowest BCUT2D eigenvalue weighted by Gasteiger charge is -2.34. The lowest BCUT2D eigenvalue weighted by atomic mass is 9.81. The molecule has 0 aromatic heterocycles. The second-order valence-corrected chi connectivity index (χ2v) is 5.30. The highest BCUT2D eigenvalue weighted by atomic mass is 19.1. The van der Waals surface area contributed by atoms with Gasteiger partial charge in [0.25, 0.3) is 0 Å². The van der Waals surface area contributed by atoms with Gasteiger partial charge in [0.15, 0.2) is 0 Å². The Morgan fingerprint density at radius 3 is 2.94 bits per heavy atom. The molecule has 3 nitrogen and oxygen atoms in total. The summed E-state index contributed by atoms with van der Waals surface area (Å²) in [5, 5.41) is 5.84. The van der Waals surface area contributed by atoms with Crippen LogP contribution >= 0.6 is 0 Å². The van der Waals surface area contributed by atoms with Crippen LogP contribution in [0.25, 0.3) is 0 Å². The molecule has 3 aliphatic rings. The van der Waals surface area contributed by atoms with E-state index >= 15 is 0 Å². The highest BCUT2D eigenvalue weighted by molar-refractivity contribution is 5.85. The SMILES string of the molecule is O=C(F)Nc1cccc2c1CC1CCC(CN1)C2. The zero-order chi connectivity index (χ0) is 12.5. The fourth-order valence-electron chi connectivity index (χ4n) is 3.17. The van der Waals surface area contributed by atoms with Crippen LogP contribution in [-0.4, -0.2) is 18.7 Å². The predicted octanol–water partition coefficient (Wildman–Crippen LogP) is 2.65. The Labute approximate surface area is 106 Å². The molecule has 96 valence electrons. The summed E-state index contributed by atoms with van der Waals surface area (Å²) >= 11 is 0. The molecule has 4 heteroatoms. The number of halogens is 1. The topological polar surface area (TPSA) is 41.1 Å². The minimum atomic E-state index is -1.48. The zero-order valence-electron chi connectivity index (χ0n) is 10.2. The van der Waals surface area contributed by atoms with E-state index in [1.54, 1.807) is 6.07 Å². The molecule has 1 amide bonds. The highest BCUT2D eigenvalue weighted by Gasteiger charge is 2.27. The molecule has 1 fully saturated rings. The standard InChI is InChI=1S/C14H17FN2O/c15-14(18)17-13-3-1-2-10-6-9-4-5-11(16-8-9)7-12(10)13/h1-3,9,11,16H,4-8H2,(H,17,18). The van der Waals surface area contributed by atoms with Gasteiger partial charge in [-0.1, -0.05) is 12.1 Å². The Bertz CT molecular complexity index is 467. The summed E-state index contributed by atoms with van der Waals surface area (Å²) in [7, 11) is 0. The number of piperidine rings is 1. The maximum atomic E-state index is 12.6. The van der Waals surface area contributed by atoms with Crippen LogP contribution in [0.15, 0.2) is 18.2 Å². The molecule has 0 radical (unpaired) electrons. The van der Waals surface area contributed by atoms with Gasteiger partial charge in [0.1, 0.15) is 0 Å². The van der Waals surface area contributed by atoms with Crippen molar-refractivity contribution in [3.63, 3.8) is 0 Å². The molecule has 1 aliphatic carbocycles. The van der Waals surface area contributed by atoms with Gasteiger partial charge in [-0.25, -0.2) is 4.79 Å². The van der Waals surface area contributed by atoms with E-state index in [0.717, 1.165) is 24.9 Å². The van der Waals surface area contributed by atoms with Gasteiger partial charge in [0.2, 0.25) is 0 Å². The van der Waals surface area contributed by atoms with Crippen molar-refractivity contribution in [3.8, 4) is 0 Å². The first-order valence-corrected chi connectivity index (χ1v) is 6.53. The number of rotatable bonds is 1. The second kappa shape index (κ2) is 4.69. The molecule has 18 heavy (non-hydrogen) atoms. The van der Waals surface area contributed by atoms with Gasteiger partial charge in [0, 0.05) is 11.7 Å². The minimum Gasteiger partial charge on any atom is -0.313 e. The summed E-state index contributed by atoms with van der Waals surface area (Å²) in [5.41, 5.74) is 3.00. The van der Waals surface area contributed by atoms with Crippen LogP contribution in [0, 0.1) is 5.92 Å². The van der Waals surface area contributed by atoms with Crippen LogP contribution < -0.4 is 10.6 Å². The summed E-state index contributed by atoms with van der Waals surface area (Å²) < 4.78 is 12.6. The summed E-state index contributed by atoms with van der Waals surface area (Å²) in [6.07, 6.45) is 2.84. The molecule has 1 aromatic carbocycles. The Morgan fingerprint density at radius 1 is 1.33 bits per heavy atom. The summed E-state index contributed by atoms with van der Waals surface area (Å²) in [6.45, 7) is 1.07. The Kier molecular flexibility index (Phi) is 3.04. The Balaban J connectivity index is 1.98. The lowest BCUT2D eigenvalue weighted by molar-refractivity contribution is 0.234. The van der Waals surface area contributed by atoms with Gasteiger partial charge >= 0.3 is 6.16 Å². The molecule has 2 N–H and O–H groups in total. The van der Waals surface area contributed by atoms with E-state index in [0.29, 0.717) is 17.6 Å². The molecule has 2 aliphatic heterocycles. The number of fused-ring (bicyclic) bond motifs is 2. The number of hydrogen-bond acceptors (Lipinski definition) is 2. The summed E-state index contributed by atoms with van der Waals surface area (Å²) in [6, 6.07) is 6.24. The monoisotopic (exact) mass is 248 g/mol. The van der Waals surface area contributed by atoms with E-state index in [2.05, 4.69) is 16.7 Å². The van der Waals surface area contributed by atoms with Crippen LogP contribution in [0.4, 0.5) is 14.9 Å². The van der Waals surface area contributed by atoms with Crippen molar-refractivity contribution in [1.82, 2.24) is 5.32 Å². The van der Waals surface area contributed by atoms with E-state index in [4.69, 9.17) is 0 Å². The molecular formula is C14H17FN2O. The number of carbonyl (C=O) groups excluding carboxylic acids is 1. The fourth-order valence-corrected chi connectivity index (χ4v) is 3.17. The van der Waals surface area contributed by atoms with Crippen molar-refractivity contribution in [2.24, 2.45) is 5.92 Å². The van der Waals surface area contributed by atoms with Gasteiger partial charge in [-0.05, 0) is 55.3 Å². The molecule has 1 saturated heterocycles. The van der Waals surface area contributed by atoms with Gasteiger partial charge in [-0.2, -0.15) is 0 Å². The van der Waals surface area contributed by atoms with Crippen LogP contribution in [0.2, 0.25) is 0 Å². The first-order valence-electron chi connectivity index (χ1n) is 6.53. The third-order valence-corrected chi connectivity index (χ3v) is 4.08. The largest absolute Gasteiger partial charge is 0.401 e.